The van der Waals surface area contributed by atoms with Gasteiger partial charge in [-0.3, -0.25) is 4.79 Å². The summed E-state index contributed by atoms with van der Waals surface area (Å²) >= 11 is 0. The number of piperidine rings is 1. The summed E-state index contributed by atoms with van der Waals surface area (Å²) in [5, 5.41) is 2.89. The lowest BCUT2D eigenvalue weighted by atomic mass is 9.98. The van der Waals surface area contributed by atoms with E-state index in [4.69, 9.17) is 4.74 Å². The SMILES string of the molecule is CC1CCN(c2ccc([C@@H](C)NC(=O)COc3ccccc3F)cc2)CC1. The molecule has 2 aromatic rings. The van der Waals surface area contributed by atoms with Crippen LogP contribution in [-0.4, -0.2) is 25.6 Å². The van der Waals surface area contributed by atoms with E-state index < -0.39 is 5.82 Å². The minimum absolute atomic E-state index is 0.0838. The Balaban J connectivity index is 1.50. The minimum atomic E-state index is -0.471. The summed E-state index contributed by atoms with van der Waals surface area (Å²) in [6.45, 7) is 6.22. The predicted molar refractivity (Wildman–Crippen MR) is 106 cm³/mol. The molecular weight excluding hydrogens is 343 g/mol. The van der Waals surface area contributed by atoms with Gasteiger partial charge in [-0.1, -0.05) is 31.2 Å². The van der Waals surface area contributed by atoms with Crippen molar-refractivity contribution in [3.05, 3.63) is 59.9 Å². The number of nitrogens with zero attached hydrogens (tertiary/aromatic N) is 1. The van der Waals surface area contributed by atoms with E-state index in [1.165, 1.54) is 30.7 Å². The molecule has 5 heteroatoms. The molecule has 0 aromatic heterocycles. The lowest BCUT2D eigenvalue weighted by molar-refractivity contribution is -0.123. The van der Waals surface area contributed by atoms with E-state index in [0.717, 1.165) is 24.6 Å². The number of carbonyl (C=O) groups excluding carboxylic acids is 1. The summed E-state index contributed by atoms with van der Waals surface area (Å²) in [6.07, 6.45) is 2.46. The number of benzene rings is 2. The first-order chi connectivity index (χ1) is 13.0. The number of nitrogens with one attached hydrogen (secondary N) is 1. The number of anilines is 1. The van der Waals surface area contributed by atoms with Crippen LogP contribution in [0.15, 0.2) is 48.5 Å². The molecule has 0 aliphatic carbocycles. The van der Waals surface area contributed by atoms with Crippen LogP contribution in [0.1, 0.15) is 38.3 Å². The topological polar surface area (TPSA) is 41.6 Å². The molecule has 1 aliphatic heterocycles. The molecular formula is C22H27FN2O2. The van der Waals surface area contributed by atoms with Gasteiger partial charge in [-0.05, 0) is 55.5 Å². The molecule has 2 aromatic carbocycles. The summed E-state index contributed by atoms with van der Waals surface area (Å²) in [4.78, 5) is 14.5. The van der Waals surface area contributed by atoms with Gasteiger partial charge >= 0.3 is 0 Å². The Kier molecular flexibility index (Phi) is 6.32. The smallest absolute Gasteiger partial charge is 0.258 e. The first kappa shape index (κ1) is 19.2. The average Bonchev–Trinajstić information content (AvgIpc) is 2.68. The first-order valence-corrected chi connectivity index (χ1v) is 9.54. The molecule has 1 amide bonds. The van der Waals surface area contributed by atoms with E-state index in [2.05, 4.69) is 41.4 Å². The minimum Gasteiger partial charge on any atom is -0.481 e. The molecule has 1 N–H and O–H groups in total. The third-order valence-electron chi connectivity index (χ3n) is 5.11. The molecule has 1 heterocycles. The Morgan fingerprint density at radius 3 is 2.52 bits per heavy atom. The second-order valence-electron chi connectivity index (χ2n) is 7.27. The summed E-state index contributed by atoms with van der Waals surface area (Å²) in [5.74, 6) is 0.142. The molecule has 0 bridgehead atoms. The van der Waals surface area contributed by atoms with Gasteiger partial charge in [0.05, 0.1) is 6.04 Å². The van der Waals surface area contributed by atoms with Crippen molar-refractivity contribution in [2.45, 2.75) is 32.7 Å². The molecule has 1 atom stereocenters. The fourth-order valence-electron chi connectivity index (χ4n) is 3.31. The molecule has 144 valence electrons. The number of carbonyl (C=O) groups is 1. The van der Waals surface area contributed by atoms with Gasteiger partial charge in [-0.25, -0.2) is 4.39 Å². The van der Waals surface area contributed by atoms with Gasteiger partial charge < -0.3 is 15.0 Å². The first-order valence-electron chi connectivity index (χ1n) is 9.54. The van der Waals surface area contributed by atoms with E-state index >= 15 is 0 Å². The fraction of sp³-hybridized carbons (Fsp3) is 0.409. The second kappa shape index (κ2) is 8.89. The molecule has 4 nitrogen and oxygen atoms in total. The van der Waals surface area contributed by atoms with Crippen LogP contribution >= 0.6 is 0 Å². The zero-order chi connectivity index (χ0) is 19.2. The number of rotatable bonds is 6. The standard InChI is InChI=1S/C22H27FN2O2/c1-16-11-13-25(14-12-16)19-9-7-18(8-10-19)17(2)24-22(26)15-27-21-6-4-3-5-20(21)23/h3-10,16-17H,11-15H2,1-2H3,(H,24,26)/t17-/m1/s1. The average molecular weight is 370 g/mol. The lowest BCUT2D eigenvalue weighted by Gasteiger charge is -2.32. The van der Waals surface area contributed by atoms with Crippen molar-refractivity contribution in [2.24, 2.45) is 5.92 Å². The van der Waals surface area contributed by atoms with Crippen LogP contribution in [0.2, 0.25) is 0 Å². The Labute approximate surface area is 160 Å². The number of para-hydroxylation sites is 1. The van der Waals surface area contributed by atoms with E-state index in [1.54, 1.807) is 12.1 Å². The highest BCUT2D eigenvalue weighted by atomic mass is 19.1. The van der Waals surface area contributed by atoms with Gasteiger partial charge in [0.25, 0.3) is 5.91 Å². The Bertz CT molecular complexity index is 755. The zero-order valence-corrected chi connectivity index (χ0v) is 16.0. The van der Waals surface area contributed by atoms with Gasteiger partial charge in [0.1, 0.15) is 0 Å². The van der Waals surface area contributed by atoms with Crippen molar-refractivity contribution in [3.63, 3.8) is 0 Å². The molecule has 0 saturated carbocycles. The highest BCUT2D eigenvalue weighted by molar-refractivity contribution is 5.78. The van der Waals surface area contributed by atoms with Crippen molar-refractivity contribution in [1.82, 2.24) is 5.32 Å². The fourth-order valence-corrected chi connectivity index (χ4v) is 3.31. The van der Waals surface area contributed by atoms with Crippen LogP contribution in [0, 0.1) is 11.7 Å². The number of ether oxygens (including phenoxy) is 1. The normalized spacial score (nSPS) is 16.0. The van der Waals surface area contributed by atoms with Crippen LogP contribution in [0.25, 0.3) is 0 Å². The van der Waals surface area contributed by atoms with E-state index in [-0.39, 0.29) is 24.3 Å². The summed E-state index contributed by atoms with van der Waals surface area (Å²) in [7, 11) is 0. The molecule has 1 fully saturated rings. The van der Waals surface area contributed by atoms with Crippen molar-refractivity contribution < 1.29 is 13.9 Å². The second-order valence-corrected chi connectivity index (χ2v) is 7.27. The van der Waals surface area contributed by atoms with Gasteiger partial charge in [-0.15, -0.1) is 0 Å². The van der Waals surface area contributed by atoms with Crippen molar-refractivity contribution in [1.29, 1.82) is 0 Å². The molecule has 3 rings (SSSR count). The molecule has 27 heavy (non-hydrogen) atoms. The number of halogens is 1. The summed E-state index contributed by atoms with van der Waals surface area (Å²) in [5.41, 5.74) is 2.26. The summed E-state index contributed by atoms with van der Waals surface area (Å²) < 4.78 is 18.8. The maximum Gasteiger partial charge on any atom is 0.258 e. The van der Waals surface area contributed by atoms with Gasteiger partial charge in [0, 0.05) is 18.8 Å². The van der Waals surface area contributed by atoms with Crippen LogP contribution in [0.5, 0.6) is 5.75 Å². The third-order valence-corrected chi connectivity index (χ3v) is 5.11. The van der Waals surface area contributed by atoms with E-state index in [0.29, 0.717) is 0 Å². The third kappa shape index (κ3) is 5.22. The molecule has 1 saturated heterocycles. The van der Waals surface area contributed by atoms with Crippen LogP contribution < -0.4 is 15.0 Å². The van der Waals surface area contributed by atoms with Crippen LogP contribution in [0.4, 0.5) is 10.1 Å². The van der Waals surface area contributed by atoms with Crippen molar-refractivity contribution in [3.8, 4) is 5.75 Å². The van der Waals surface area contributed by atoms with Gasteiger partial charge in [0.15, 0.2) is 18.2 Å². The Morgan fingerprint density at radius 1 is 1.19 bits per heavy atom. The largest absolute Gasteiger partial charge is 0.481 e. The number of hydrogen-bond acceptors (Lipinski definition) is 3. The highest BCUT2D eigenvalue weighted by Crippen LogP contribution is 2.24. The van der Waals surface area contributed by atoms with Crippen LogP contribution in [0.3, 0.4) is 0 Å². The summed E-state index contributed by atoms with van der Waals surface area (Å²) in [6, 6.07) is 14.3. The lowest BCUT2D eigenvalue weighted by Crippen LogP contribution is -2.33. The Hall–Kier alpha value is -2.56. The number of amides is 1. The maximum absolute atomic E-state index is 13.5. The molecule has 0 unspecified atom stereocenters. The Morgan fingerprint density at radius 2 is 1.85 bits per heavy atom. The monoisotopic (exact) mass is 370 g/mol. The maximum atomic E-state index is 13.5. The molecule has 0 radical (unpaired) electrons. The van der Waals surface area contributed by atoms with Crippen LogP contribution in [-0.2, 0) is 4.79 Å². The predicted octanol–water partition coefficient (Wildman–Crippen LogP) is 4.32. The number of hydrogen-bond donors (Lipinski definition) is 1. The van der Waals surface area contributed by atoms with E-state index in [1.807, 2.05) is 6.92 Å². The molecule has 0 spiro atoms. The highest BCUT2D eigenvalue weighted by Gasteiger charge is 2.17. The van der Waals surface area contributed by atoms with Gasteiger partial charge in [-0.2, -0.15) is 0 Å². The zero-order valence-electron chi connectivity index (χ0n) is 16.0. The van der Waals surface area contributed by atoms with Crippen molar-refractivity contribution in [2.75, 3.05) is 24.6 Å². The molecule has 1 aliphatic rings. The van der Waals surface area contributed by atoms with Crippen molar-refractivity contribution >= 4 is 11.6 Å². The van der Waals surface area contributed by atoms with E-state index in [9.17, 15) is 9.18 Å². The van der Waals surface area contributed by atoms with Gasteiger partial charge in [0.2, 0.25) is 0 Å². The quantitative estimate of drug-likeness (QED) is 0.823.